The maximum Gasteiger partial charge on any atom is 0.358 e. The van der Waals surface area contributed by atoms with Crippen molar-refractivity contribution in [2.24, 2.45) is 0 Å². The van der Waals surface area contributed by atoms with Gasteiger partial charge in [0.15, 0.2) is 5.69 Å². The highest BCUT2D eigenvalue weighted by Gasteiger charge is 2.30. The Bertz CT molecular complexity index is 687. The van der Waals surface area contributed by atoms with Gasteiger partial charge in [-0.25, -0.2) is 14.8 Å². The first-order valence-corrected chi connectivity index (χ1v) is 7.50. The Morgan fingerprint density at radius 2 is 2.05 bits per heavy atom. The molecule has 0 saturated heterocycles. The Morgan fingerprint density at radius 3 is 2.68 bits per heavy atom. The molecule has 3 rings (SSSR count). The summed E-state index contributed by atoms with van der Waals surface area (Å²) < 4.78 is 4.75. The van der Waals surface area contributed by atoms with E-state index in [1.807, 2.05) is 30.3 Å². The lowest BCUT2D eigenvalue weighted by Gasteiger charge is -2.11. The molecule has 0 spiro atoms. The molecule has 1 aliphatic carbocycles. The van der Waals surface area contributed by atoms with Gasteiger partial charge in [-0.05, 0) is 18.4 Å². The predicted molar refractivity (Wildman–Crippen MR) is 84.1 cm³/mol. The van der Waals surface area contributed by atoms with Crippen molar-refractivity contribution in [1.82, 2.24) is 9.97 Å². The molecule has 0 amide bonds. The van der Waals surface area contributed by atoms with Crippen LogP contribution in [-0.4, -0.2) is 23.0 Å². The predicted octanol–water partition coefficient (Wildman–Crippen LogP) is 3.41. The summed E-state index contributed by atoms with van der Waals surface area (Å²) in [7, 11) is 1.31. The second kappa shape index (κ2) is 6.32. The number of methoxy groups -OCH3 is 1. The second-order valence-corrected chi connectivity index (χ2v) is 5.58. The zero-order valence-electron chi connectivity index (χ0n) is 12.2. The Labute approximate surface area is 133 Å². The summed E-state index contributed by atoms with van der Waals surface area (Å²) in [5, 5.41) is 3.38. The van der Waals surface area contributed by atoms with Gasteiger partial charge in [0.2, 0.25) is 0 Å². The normalized spacial score (nSPS) is 13.7. The Morgan fingerprint density at radius 1 is 1.32 bits per heavy atom. The van der Waals surface area contributed by atoms with E-state index in [1.54, 1.807) is 0 Å². The van der Waals surface area contributed by atoms with Crippen LogP contribution in [0.25, 0.3) is 0 Å². The van der Waals surface area contributed by atoms with Gasteiger partial charge in [0.05, 0.1) is 7.11 Å². The molecule has 5 nitrogen and oxygen atoms in total. The summed E-state index contributed by atoms with van der Waals surface area (Å²) in [5.41, 5.74) is 1.22. The maximum atomic E-state index is 11.8. The molecule has 6 heteroatoms. The third kappa shape index (κ3) is 3.20. The fraction of sp³-hybridized carbons (Fsp3) is 0.312. The average Bonchev–Trinajstić information content (AvgIpc) is 3.39. The Kier molecular flexibility index (Phi) is 4.24. The van der Waals surface area contributed by atoms with Crippen LogP contribution in [0.2, 0.25) is 5.02 Å². The van der Waals surface area contributed by atoms with E-state index in [0.29, 0.717) is 24.1 Å². The van der Waals surface area contributed by atoms with Crippen molar-refractivity contribution in [3.63, 3.8) is 0 Å². The fourth-order valence-corrected chi connectivity index (χ4v) is 2.35. The van der Waals surface area contributed by atoms with E-state index < -0.39 is 5.97 Å². The lowest BCUT2D eigenvalue weighted by atomic mass is 10.2. The highest BCUT2D eigenvalue weighted by molar-refractivity contribution is 6.35. The first kappa shape index (κ1) is 14.8. The molecular weight excluding hydrogens is 302 g/mol. The molecule has 1 N–H and O–H groups in total. The largest absolute Gasteiger partial charge is 0.464 e. The van der Waals surface area contributed by atoms with Crippen LogP contribution in [0, 0.1) is 0 Å². The van der Waals surface area contributed by atoms with Gasteiger partial charge in [-0.3, -0.25) is 0 Å². The molecule has 22 heavy (non-hydrogen) atoms. The van der Waals surface area contributed by atoms with E-state index in [4.69, 9.17) is 16.3 Å². The van der Waals surface area contributed by atoms with E-state index in [1.165, 1.54) is 7.11 Å². The first-order valence-electron chi connectivity index (χ1n) is 7.12. The summed E-state index contributed by atoms with van der Waals surface area (Å²) in [6.07, 6.45) is 2.08. The molecule has 2 aromatic rings. The molecule has 1 heterocycles. The summed E-state index contributed by atoms with van der Waals surface area (Å²) in [5.74, 6) is 0.901. The SMILES string of the molecule is COC(=O)c1nc(C2CC2)nc(NCc2ccccc2)c1Cl. The van der Waals surface area contributed by atoms with Crippen molar-refractivity contribution in [2.45, 2.75) is 25.3 Å². The summed E-state index contributed by atoms with van der Waals surface area (Å²) in [6.45, 7) is 0.572. The number of halogens is 1. The summed E-state index contributed by atoms with van der Waals surface area (Å²) in [6, 6.07) is 9.90. The number of anilines is 1. The number of ether oxygens (including phenoxy) is 1. The van der Waals surface area contributed by atoms with E-state index in [2.05, 4.69) is 15.3 Å². The monoisotopic (exact) mass is 317 g/mol. The third-order valence-corrected chi connectivity index (χ3v) is 3.85. The zero-order chi connectivity index (χ0) is 15.5. The van der Waals surface area contributed by atoms with Crippen molar-refractivity contribution in [2.75, 3.05) is 12.4 Å². The average molecular weight is 318 g/mol. The number of esters is 1. The number of carbonyl (C=O) groups is 1. The van der Waals surface area contributed by atoms with E-state index >= 15 is 0 Å². The number of carbonyl (C=O) groups excluding carboxylic acids is 1. The van der Waals surface area contributed by atoms with Gasteiger partial charge in [-0.2, -0.15) is 0 Å². The van der Waals surface area contributed by atoms with Crippen molar-refractivity contribution in [3.8, 4) is 0 Å². The van der Waals surface area contributed by atoms with Crippen molar-refractivity contribution < 1.29 is 9.53 Å². The zero-order valence-corrected chi connectivity index (χ0v) is 12.9. The van der Waals surface area contributed by atoms with Crippen molar-refractivity contribution in [3.05, 3.63) is 52.4 Å². The molecule has 114 valence electrons. The van der Waals surface area contributed by atoms with Crippen LogP contribution in [0.15, 0.2) is 30.3 Å². The highest BCUT2D eigenvalue weighted by atomic mass is 35.5. The van der Waals surface area contributed by atoms with Crippen LogP contribution in [0.3, 0.4) is 0 Å². The molecule has 1 aromatic heterocycles. The molecule has 0 atom stereocenters. The van der Waals surface area contributed by atoms with Crippen LogP contribution in [0.1, 0.15) is 40.6 Å². The van der Waals surface area contributed by atoms with Crippen LogP contribution in [0.4, 0.5) is 5.82 Å². The van der Waals surface area contributed by atoms with Gasteiger partial charge in [0.1, 0.15) is 16.7 Å². The third-order valence-electron chi connectivity index (χ3n) is 3.49. The Balaban J connectivity index is 1.88. The van der Waals surface area contributed by atoms with E-state index in [-0.39, 0.29) is 10.7 Å². The minimum Gasteiger partial charge on any atom is -0.464 e. The van der Waals surface area contributed by atoms with Gasteiger partial charge < -0.3 is 10.1 Å². The van der Waals surface area contributed by atoms with Crippen LogP contribution >= 0.6 is 11.6 Å². The van der Waals surface area contributed by atoms with Gasteiger partial charge >= 0.3 is 5.97 Å². The number of hydrogen-bond acceptors (Lipinski definition) is 5. The number of nitrogens with one attached hydrogen (secondary N) is 1. The Hall–Kier alpha value is -2.14. The standard InChI is InChI=1S/C16H16ClN3O2/c1-22-16(21)13-12(17)15(20-14(19-13)11-7-8-11)18-9-10-5-3-2-4-6-10/h2-6,11H,7-9H2,1H3,(H,18,19,20). The molecular formula is C16H16ClN3O2. The van der Waals surface area contributed by atoms with Gasteiger partial charge in [0, 0.05) is 12.5 Å². The second-order valence-electron chi connectivity index (χ2n) is 5.20. The van der Waals surface area contributed by atoms with Gasteiger partial charge in [0.25, 0.3) is 0 Å². The van der Waals surface area contributed by atoms with Crippen LogP contribution in [-0.2, 0) is 11.3 Å². The van der Waals surface area contributed by atoms with Gasteiger partial charge in [-0.1, -0.05) is 41.9 Å². The van der Waals surface area contributed by atoms with Crippen molar-refractivity contribution in [1.29, 1.82) is 0 Å². The quantitative estimate of drug-likeness (QED) is 0.856. The number of benzene rings is 1. The fourth-order valence-electron chi connectivity index (χ4n) is 2.12. The van der Waals surface area contributed by atoms with Crippen LogP contribution in [0.5, 0.6) is 0 Å². The van der Waals surface area contributed by atoms with Crippen molar-refractivity contribution >= 4 is 23.4 Å². The van der Waals surface area contributed by atoms with Crippen LogP contribution < -0.4 is 5.32 Å². The molecule has 0 radical (unpaired) electrons. The number of hydrogen-bond donors (Lipinski definition) is 1. The maximum absolute atomic E-state index is 11.8. The lowest BCUT2D eigenvalue weighted by Crippen LogP contribution is -2.12. The molecule has 1 aromatic carbocycles. The molecule has 0 bridgehead atoms. The highest BCUT2D eigenvalue weighted by Crippen LogP contribution is 2.39. The summed E-state index contributed by atoms with van der Waals surface area (Å²) in [4.78, 5) is 20.6. The summed E-state index contributed by atoms with van der Waals surface area (Å²) >= 11 is 6.26. The van der Waals surface area contributed by atoms with Gasteiger partial charge in [-0.15, -0.1) is 0 Å². The molecule has 1 saturated carbocycles. The number of nitrogens with zero attached hydrogens (tertiary/aromatic N) is 2. The number of rotatable bonds is 5. The first-order chi connectivity index (χ1) is 10.7. The number of aromatic nitrogens is 2. The molecule has 1 aliphatic rings. The molecule has 0 unspecified atom stereocenters. The topological polar surface area (TPSA) is 64.1 Å². The molecule has 0 aliphatic heterocycles. The minimum atomic E-state index is -0.544. The molecule has 1 fully saturated rings. The van der Waals surface area contributed by atoms with E-state index in [0.717, 1.165) is 18.4 Å². The smallest absolute Gasteiger partial charge is 0.358 e. The lowest BCUT2D eigenvalue weighted by molar-refractivity contribution is 0.0593. The van der Waals surface area contributed by atoms with E-state index in [9.17, 15) is 4.79 Å². The minimum absolute atomic E-state index is 0.122.